The molecule has 0 rings (SSSR count). The zero-order chi connectivity index (χ0) is 57.1. The van der Waals surface area contributed by atoms with Crippen molar-refractivity contribution in [1.29, 1.82) is 0 Å². The van der Waals surface area contributed by atoms with E-state index < -0.39 is 12.1 Å². The van der Waals surface area contributed by atoms with Crippen LogP contribution in [0.15, 0.2) is 36.5 Å². The average Bonchev–Trinajstić information content (AvgIpc) is 3.45. The first-order valence-corrected chi connectivity index (χ1v) is 35.7. The van der Waals surface area contributed by atoms with E-state index in [2.05, 4.69) is 55.6 Å². The number of carbonyl (C=O) groups excluding carboxylic acids is 2. The molecule has 0 spiro atoms. The van der Waals surface area contributed by atoms with E-state index in [1.807, 2.05) is 0 Å². The summed E-state index contributed by atoms with van der Waals surface area (Å²) in [5, 5.41) is 23.4. The average molecular weight is 1110 g/mol. The molecule has 2 atom stereocenters. The minimum Gasteiger partial charge on any atom is -0.466 e. The number of ether oxygens (including phenoxy) is 1. The fourth-order valence-electron chi connectivity index (χ4n) is 11.2. The molecule has 0 aromatic carbocycles. The highest BCUT2D eigenvalue weighted by Gasteiger charge is 2.20. The van der Waals surface area contributed by atoms with Crippen molar-refractivity contribution >= 4 is 11.9 Å². The minimum atomic E-state index is -0.666. The molecule has 0 radical (unpaired) electrons. The van der Waals surface area contributed by atoms with E-state index in [4.69, 9.17) is 4.74 Å². The highest BCUT2D eigenvalue weighted by Crippen LogP contribution is 2.19. The van der Waals surface area contributed by atoms with Gasteiger partial charge in [-0.3, -0.25) is 9.59 Å². The van der Waals surface area contributed by atoms with Crippen LogP contribution in [0.4, 0.5) is 0 Å². The van der Waals surface area contributed by atoms with Gasteiger partial charge in [-0.2, -0.15) is 0 Å². The summed E-state index contributed by atoms with van der Waals surface area (Å²) in [5.74, 6) is -0.0309. The Morgan fingerprint density at radius 1 is 0.354 bits per heavy atom. The van der Waals surface area contributed by atoms with E-state index in [1.54, 1.807) is 0 Å². The zero-order valence-corrected chi connectivity index (χ0v) is 53.4. The number of carbonyl (C=O) groups is 2. The summed E-state index contributed by atoms with van der Waals surface area (Å²) in [6.45, 7) is 4.94. The summed E-state index contributed by atoms with van der Waals surface area (Å²) >= 11 is 0. The van der Waals surface area contributed by atoms with Crippen LogP contribution >= 0.6 is 0 Å². The molecular formula is C73H139NO5. The molecule has 0 aliphatic rings. The number of nitrogens with one attached hydrogen (secondary N) is 1. The first kappa shape index (κ1) is 77.1. The fourth-order valence-corrected chi connectivity index (χ4v) is 11.2. The van der Waals surface area contributed by atoms with Crippen LogP contribution in [0.2, 0.25) is 0 Å². The first-order chi connectivity index (χ1) is 39.0. The van der Waals surface area contributed by atoms with Gasteiger partial charge in [-0.25, -0.2) is 0 Å². The van der Waals surface area contributed by atoms with E-state index in [0.717, 1.165) is 51.4 Å². The van der Waals surface area contributed by atoms with Gasteiger partial charge in [0.05, 0.1) is 25.4 Å². The Hall–Kier alpha value is -1.92. The molecule has 0 aromatic rings. The molecular weight excluding hydrogens is 971 g/mol. The maximum atomic E-state index is 12.5. The zero-order valence-electron chi connectivity index (χ0n) is 53.4. The Morgan fingerprint density at radius 3 is 1.01 bits per heavy atom. The van der Waals surface area contributed by atoms with Gasteiger partial charge in [0.15, 0.2) is 0 Å². The smallest absolute Gasteiger partial charge is 0.305 e. The number of hydrogen-bond acceptors (Lipinski definition) is 5. The molecule has 6 heteroatoms. The van der Waals surface area contributed by atoms with Crippen molar-refractivity contribution in [2.75, 3.05) is 13.2 Å². The first-order valence-electron chi connectivity index (χ1n) is 35.7. The van der Waals surface area contributed by atoms with Crippen molar-refractivity contribution in [1.82, 2.24) is 5.32 Å². The number of rotatable bonds is 67. The normalized spacial score (nSPS) is 12.7. The standard InChI is InChI=1S/C73H139NO5/c1-3-5-7-9-11-13-15-17-19-20-21-29-32-35-38-41-45-49-53-57-61-65-71(76)70(69-75)74-72(77)66-62-58-54-50-46-42-39-36-33-30-27-25-23-22-24-26-28-31-34-37-40-44-48-52-56-60-64-68-79-73(78)67-63-59-55-51-47-43-18-16-14-12-10-8-6-4-2/h10,12,16,18,22-23,70-71,75-76H,3-9,11,13-15,17,19-21,24-69H2,1-2H3,(H,74,77)/b12-10-,18-16-,23-22-. The molecule has 0 heterocycles. The minimum absolute atomic E-state index is 0.000936. The van der Waals surface area contributed by atoms with Crippen LogP contribution in [-0.4, -0.2) is 47.4 Å². The summed E-state index contributed by atoms with van der Waals surface area (Å²) in [7, 11) is 0. The number of amides is 1. The van der Waals surface area contributed by atoms with Crippen LogP contribution in [0.5, 0.6) is 0 Å². The van der Waals surface area contributed by atoms with Gasteiger partial charge in [-0.15, -0.1) is 0 Å². The Labute approximate surface area is 494 Å². The molecule has 0 saturated heterocycles. The van der Waals surface area contributed by atoms with Crippen LogP contribution in [0.1, 0.15) is 393 Å². The summed E-state index contributed by atoms with van der Waals surface area (Å²) in [4.78, 5) is 24.6. The Balaban J connectivity index is 3.39. The second-order valence-corrected chi connectivity index (χ2v) is 24.6. The largest absolute Gasteiger partial charge is 0.466 e. The number of unbranched alkanes of at least 4 members (excludes halogenated alkanes) is 50. The highest BCUT2D eigenvalue weighted by molar-refractivity contribution is 5.76. The molecule has 0 saturated carbocycles. The van der Waals surface area contributed by atoms with Crippen LogP contribution in [0.3, 0.4) is 0 Å². The van der Waals surface area contributed by atoms with Crippen molar-refractivity contribution in [2.24, 2.45) is 0 Å². The Bertz CT molecular complexity index is 1280. The maximum absolute atomic E-state index is 12.5. The molecule has 2 unspecified atom stereocenters. The number of esters is 1. The number of aliphatic hydroxyl groups is 2. The van der Waals surface area contributed by atoms with Gasteiger partial charge < -0.3 is 20.3 Å². The van der Waals surface area contributed by atoms with Crippen LogP contribution in [0, 0.1) is 0 Å². The van der Waals surface area contributed by atoms with Gasteiger partial charge in [0.1, 0.15) is 0 Å². The maximum Gasteiger partial charge on any atom is 0.305 e. The summed E-state index contributed by atoms with van der Waals surface area (Å²) in [6, 6.07) is -0.543. The summed E-state index contributed by atoms with van der Waals surface area (Å²) in [5.41, 5.74) is 0. The van der Waals surface area contributed by atoms with Gasteiger partial charge in [0.25, 0.3) is 0 Å². The van der Waals surface area contributed by atoms with Crippen LogP contribution in [-0.2, 0) is 14.3 Å². The molecule has 0 aliphatic carbocycles. The predicted octanol–water partition coefficient (Wildman–Crippen LogP) is 23.1. The van der Waals surface area contributed by atoms with Crippen molar-refractivity contribution < 1.29 is 24.5 Å². The summed E-state index contributed by atoms with van der Waals surface area (Å²) < 4.78 is 5.48. The van der Waals surface area contributed by atoms with E-state index in [9.17, 15) is 19.8 Å². The monoisotopic (exact) mass is 1110 g/mol. The third-order valence-electron chi connectivity index (χ3n) is 16.7. The van der Waals surface area contributed by atoms with E-state index in [-0.39, 0.29) is 18.5 Å². The quantitative estimate of drug-likeness (QED) is 0.0320. The van der Waals surface area contributed by atoms with Crippen molar-refractivity contribution in [3.8, 4) is 0 Å². The van der Waals surface area contributed by atoms with E-state index >= 15 is 0 Å². The second-order valence-electron chi connectivity index (χ2n) is 24.6. The molecule has 1 amide bonds. The lowest BCUT2D eigenvalue weighted by molar-refractivity contribution is -0.143. The number of hydrogen-bond donors (Lipinski definition) is 3. The molecule has 6 nitrogen and oxygen atoms in total. The third kappa shape index (κ3) is 65.1. The molecule has 0 bridgehead atoms. The van der Waals surface area contributed by atoms with Gasteiger partial charge in [0.2, 0.25) is 5.91 Å². The SMILES string of the molecule is CCCC/C=C\C/C=C\CCCCCCCC(=O)OCCCCCCCCCCCCCC/C=C\CCCCCCCCCCCCCC(=O)NC(CO)C(O)CCCCCCCCCCCCCCCCCCCCCCC. The van der Waals surface area contributed by atoms with Gasteiger partial charge in [0, 0.05) is 12.8 Å². The lowest BCUT2D eigenvalue weighted by Crippen LogP contribution is -2.45. The third-order valence-corrected chi connectivity index (χ3v) is 16.7. The Kier molecular flexibility index (Phi) is 66.9. The molecule has 466 valence electrons. The molecule has 0 fully saturated rings. The van der Waals surface area contributed by atoms with Crippen molar-refractivity contribution in [3.05, 3.63) is 36.5 Å². The molecule has 3 N–H and O–H groups in total. The molecule has 0 aliphatic heterocycles. The summed E-state index contributed by atoms with van der Waals surface area (Å²) in [6.07, 6.45) is 87.6. The predicted molar refractivity (Wildman–Crippen MR) is 347 cm³/mol. The number of aliphatic hydroxyl groups excluding tert-OH is 2. The number of allylic oxidation sites excluding steroid dienone is 6. The lowest BCUT2D eigenvalue weighted by Gasteiger charge is -2.22. The van der Waals surface area contributed by atoms with Gasteiger partial charge >= 0.3 is 5.97 Å². The Morgan fingerprint density at radius 2 is 0.646 bits per heavy atom. The second kappa shape index (κ2) is 68.6. The van der Waals surface area contributed by atoms with E-state index in [0.29, 0.717) is 25.9 Å². The van der Waals surface area contributed by atoms with Gasteiger partial charge in [-0.05, 0) is 77.0 Å². The fraction of sp³-hybridized carbons (Fsp3) is 0.890. The van der Waals surface area contributed by atoms with Crippen LogP contribution in [0.25, 0.3) is 0 Å². The van der Waals surface area contributed by atoms with E-state index in [1.165, 1.54) is 308 Å². The van der Waals surface area contributed by atoms with Crippen molar-refractivity contribution in [3.63, 3.8) is 0 Å². The molecule has 79 heavy (non-hydrogen) atoms. The van der Waals surface area contributed by atoms with Gasteiger partial charge in [-0.1, -0.05) is 339 Å². The highest BCUT2D eigenvalue weighted by atomic mass is 16.5. The lowest BCUT2D eigenvalue weighted by atomic mass is 10.0. The molecule has 0 aromatic heterocycles. The topological polar surface area (TPSA) is 95.9 Å². The van der Waals surface area contributed by atoms with Crippen LogP contribution < -0.4 is 5.32 Å². The van der Waals surface area contributed by atoms with Crippen molar-refractivity contribution in [2.45, 2.75) is 405 Å².